The third-order valence-electron chi connectivity index (χ3n) is 2.64. The number of hydrazine groups is 2. The van der Waals surface area contributed by atoms with E-state index in [9.17, 15) is 0 Å². The molecule has 0 spiro atoms. The summed E-state index contributed by atoms with van der Waals surface area (Å²) in [7, 11) is 2.10. The number of piperazine rings is 1. The monoisotopic (exact) mass is 257 g/mol. The highest BCUT2D eigenvalue weighted by molar-refractivity contribution is 6.32. The third kappa shape index (κ3) is 3.16. The first-order chi connectivity index (χ1) is 8.19. The summed E-state index contributed by atoms with van der Waals surface area (Å²) >= 11 is 6.01. The fourth-order valence-corrected chi connectivity index (χ4v) is 1.72. The SMILES string of the molecule is CN1CCN(Nc2nc(NN)ncc2Cl)CC1. The summed E-state index contributed by atoms with van der Waals surface area (Å²) in [5.41, 5.74) is 5.56. The quantitative estimate of drug-likeness (QED) is 0.519. The van der Waals surface area contributed by atoms with E-state index in [0.29, 0.717) is 16.8 Å². The zero-order valence-corrected chi connectivity index (χ0v) is 10.4. The van der Waals surface area contributed by atoms with Crippen molar-refractivity contribution in [2.45, 2.75) is 0 Å². The molecular weight excluding hydrogens is 242 g/mol. The summed E-state index contributed by atoms with van der Waals surface area (Å²) in [6.07, 6.45) is 1.52. The largest absolute Gasteiger partial charge is 0.304 e. The number of nitrogens with zero attached hydrogens (tertiary/aromatic N) is 4. The highest BCUT2D eigenvalue weighted by atomic mass is 35.5. The first kappa shape index (κ1) is 12.3. The molecule has 0 aliphatic carbocycles. The Balaban J connectivity index is 2.02. The molecule has 17 heavy (non-hydrogen) atoms. The second-order valence-electron chi connectivity index (χ2n) is 3.94. The molecule has 7 nitrogen and oxygen atoms in total. The topological polar surface area (TPSA) is 82.3 Å². The van der Waals surface area contributed by atoms with Crippen molar-refractivity contribution < 1.29 is 0 Å². The van der Waals surface area contributed by atoms with Gasteiger partial charge >= 0.3 is 0 Å². The Labute approximate surface area is 105 Å². The van der Waals surface area contributed by atoms with E-state index >= 15 is 0 Å². The van der Waals surface area contributed by atoms with Gasteiger partial charge in [-0.15, -0.1) is 0 Å². The number of nitrogens with one attached hydrogen (secondary N) is 2. The van der Waals surface area contributed by atoms with Crippen molar-refractivity contribution in [2.75, 3.05) is 44.1 Å². The van der Waals surface area contributed by atoms with Crippen LogP contribution in [0.5, 0.6) is 0 Å². The minimum Gasteiger partial charge on any atom is -0.304 e. The molecule has 0 radical (unpaired) electrons. The van der Waals surface area contributed by atoms with Gasteiger partial charge in [0.1, 0.15) is 5.02 Å². The molecule has 2 heterocycles. The van der Waals surface area contributed by atoms with Crippen molar-refractivity contribution in [3.05, 3.63) is 11.2 Å². The van der Waals surface area contributed by atoms with Crippen LogP contribution in [0.4, 0.5) is 11.8 Å². The summed E-state index contributed by atoms with van der Waals surface area (Å²) in [4.78, 5) is 10.3. The fraction of sp³-hybridized carbons (Fsp3) is 0.556. The predicted molar refractivity (Wildman–Crippen MR) is 67.5 cm³/mol. The summed E-state index contributed by atoms with van der Waals surface area (Å²) < 4.78 is 0. The Morgan fingerprint density at radius 3 is 2.71 bits per heavy atom. The Kier molecular flexibility index (Phi) is 3.95. The summed E-state index contributed by atoms with van der Waals surface area (Å²) in [6.45, 7) is 3.86. The standard InChI is InChI=1S/C9H16ClN7/c1-16-2-4-17(5-3-16)15-8-7(10)6-12-9(13-8)14-11/h6H,2-5,11H2,1H3,(H2,12,13,14,15). The molecule has 4 N–H and O–H groups in total. The molecule has 1 fully saturated rings. The maximum atomic E-state index is 6.01. The third-order valence-corrected chi connectivity index (χ3v) is 2.92. The van der Waals surface area contributed by atoms with Crippen LogP contribution in [0, 0.1) is 0 Å². The number of aromatic nitrogens is 2. The summed E-state index contributed by atoms with van der Waals surface area (Å²) in [5.74, 6) is 6.16. The number of anilines is 2. The van der Waals surface area contributed by atoms with Gasteiger partial charge in [-0.25, -0.2) is 15.8 Å². The highest BCUT2D eigenvalue weighted by Crippen LogP contribution is 2.19. The number of likely N-dealkylation sites (N-methyl/N-ethyl adjacent to an activating group) is 1. The van der Waals surface area contributed by atoms with Crippen molar-refractivity contribution >= 4 is 23.4 Å². The van der Waals surface area contributed by atoms with Crippen LogP contribution in [-0.4, -0.2) is 53.1 Å². The van der Waals surface area contributed by atoms with E-state index in [1.165, 1.54) is 6.20 Å². The van der Waals surface area contributed by atoms with E-state index in [2.05, 4.69) is 37.8 Å². The van der Waals surface area contributed by atoms with Gasteiger partial charge in [0.15, 0.2) is 5.82 Å². The molecule has 0 amide bonds. The molecule has 94 valence electrons. The van der Waals surface area contributed by atoms with Crippen LogP contribution >= 0.6 is 11.6 Å². The first-order valence-corrected chi connectivity index (χ1v) is 5.76. The molecule has 1 saturated heterocycles. The van der Waals surface area contributed by atoms with Crippen molar-refractivity contribution in [3.63, 3.8) is 0 Å². The molecule has 1 aromatic heterocycles. The van der Waals surface area contributed by atoms with Crippen LogP contribution in [0.2, 0.25) is 5.02 Å². The fourth-order valence-electron chi connectivity index (χ4n) is 1.58. The number of nitrogens with two attached hydrogens (primary N) is 1. The lowest BCUT2D eigenvalue weighted by atomic mass is 10.4. The summed E-state index contributed by atoms with van der Waals surface area (Å²) in [5, 5.41) is 2.55. The highest BCUT2D eigenvalue weighted by Gasteiger charge is 2.15. The molecule has 0 atom stereocenters. The van der Waals surface area contributed by atoms with Crippen molar-refractivity contribution in [2.24, 2.45) is 5.84 Å². The minimum atomic E-state index is 0.339. The minimum absolute atomic E-state index is 0.339. The van der Waals surface area contributed by atoms with E-state index in [1.807, 2.05) is 0 Å². The van der Waals surface area contributed by atoms with Gasteiger partial charge in [-0.3, -0.25) is 5.43 Å². The van der Waals surface area contributed by atoms with E-state index in [0.717, 1.165) is 26.2 Å². The zero-order chi connectivity index (χ0) is 12.3. The maximum Gasteiger partial charge on any atom is 0.239 e. The molecule has 1 aliphatic heterocycles. The molecule has 1 aliphatic rings. The molecular formula is C9H16ClN7. The van der Waals surface area contributed by atoms with Crippen LogP contribution < -0.4 is 16.7 Å². The Morgan fingerprint density at radius 1 is 1.35 bits per heavy atom. The normalized spacial score (nSPS) is 18.1. The Bertz CT molecular complexity index is 378. The van der Waals surface area contributed by atoms with Crippen LogP contribution in [0.1, 0.15) is 0 Å². The summed E-state index contributed by atoms with van der Waals surface area (Å²) in [6, 6.07) is 0. The molecule has 0 saturated carbocycles. The van der Waals surface area contributed by atoms with Crippen molar-refractivity contribution in [1.82, 2.24) is 19.9 Å². The molecule has 2 rings (SSSR count). The van der Waals surface area contributed by atoms with E-state index < -0.39 is 0 Å². The van der Waals surface area contributed by atoms with Gasteiger partial charge < -0.3 is 10.3 Å². The lowest BCUT2D eigenvalue weighted by Gasteiger charge is -2.32. The van der Waals surface area contributed by atoms with Crippen LogP contribution in [0.15, 0.2) is 6.20 Å². The van der Waals surface area contributed by atoms with Gasteiger partial charge in [-0.1, -0.05) is 11.6 Å². The smallest absolute Gasteiger partial charge is 0.239 e. The van der Waals surface area contributed by atoms with Crippen molar-refractivity contribution in [3.8, 4) is 0 Å². The van der Waals surface area contributed by atoms with E-state index in [-0.39, 0.29) is 0 Å². The van der Waals surface area contributed by atoms with Crippen LogP contribution in [0.25, 0.3) is 0 Å². The molecule has 8 heteroatoms. The van der Waals surface area contributed by atoms with Gasteiger partial charge in [-0.05, 0) is 7.05 Å². The van der Waals surface area contributed by atoms with Crippen molar-refractivity contribution in [1.29, 1.82) is 0 Å². The number of nitrogen functional groups attached to an aromatic ring is 1. The Morgan fingerprint density at radius 2 is 2.06 bits per heavy atom. The molecule has 0 unspecified atom stereocenters. The second kappa shape index (κ2) is 5.46. The maximum absolute atomic E-state index is 6.01. The average Bonchev–Trinajstić information content (AvgIpc) is 2.35. The van der Waals surface area contributed by atoms with Gasteiger partial charge in [-0.2, -0.15) is 4.98 Å². The van der Waals surface area contributed by atoms with Crippen LogP contribution in [0.3, 0.4) is 0 Å². The number of halogens is 1. The number of hydrogen-bond acceptors (Lipinski definition) is 7. The van der Waals surface area contributed by atoms with Gasteiger partial charge in [0.25, 0.3) is 0 Å². The lowest BCUT2D eigenvalue weighted by molar-refractivity contribution is 0.178. The van der Waals surface area contributed by atoms with E-state index in [1.54, 1.807) is 0 Å². The first-order valence-electron chi connectivity index (χ1n) is 5.38. The molecule has 0 bridgehead atoms. The van der Waals surface area contributed by atoms with Gasteiger partial charge in [0, 0.05) is 26.2 Å². The second-order valence-corrected chi connectivity index (χ2v) is 4.34. The van der Waals surface area contributed by atoms with E-state index in [4.69, 9.17) is 17.4 Å². The molecule has 0 aromatic carbocycles. The lowest BCUT2D eigenvalue weighted by Crippen LogP contribution is -2.47. The number of rotatable bonds is 3. The van der Waals surface area contributed by atoms with Crippen LogP contribution in [-0.2, 0) is 0 Å². The van der Waals surface area contributed by atoms with Gasteiger partial charge in [0.05, 0.1) is 6.20 Å². The molecule has 1 aromatic rings. The zero-order valence-electron chi connectivity index (χ0n) is 9.65. The number of hydrogen-bond donors (Lipinski definition) is 3. The van der Waals surface area contributed by atoms with Gasteiger partial charge in [0.2, 0.25) is 5.95 Å². The predicted octanol–water partition coefficient (Wildman–Crippen LogP) is -0.0101. The Hall–Kier alpha value is -1.15. The average molecular weight is 258 g/mol.